The average Bonchev–Trinajstić information content (AvgIpc) is 3.04. The van der Waals surface area contributed by atoms with Gasteiger partial charge in [-0.05, 0) is 24.1 Å². The van der Waals surface area contributed by atoms with Gasteiger partial charge in [-0.15, -0.1) is 0 Å². The maximum Gasteiger partial charge on any atom is 0.254 e. The molecule has 0 radical (unpaired) electrons. The van der Waals surface area contributed by atoms with Crippen LogP contribution in [0.25, 0.3) is 10.9 Å². The Morgan fingerprint density at radius 1 is 1.29 bits per heavy atom. The van der Waals surface area contributed by atoms with E-state index in [4.69, 9.17) is 4.98 Å². The minimum absolute atomic E-state index is 0.0380. The molecule has 124 valence electrons. The van der Waals surface area contributed by atoms with E-state index in [9.17, 15) is 4.79 Å². The molecule has 5 nitrogen and oxygen atoms in total. The lowest BCUT2D eigenvalue weighted by Crippen LogP contribution is -2.35. The summed E-state index contributed by atoms with van der Waals surface area (Å²) >= 11 is 0. The Hall–Kier alpha value is -2.40. The van der Waals surface area contributed by atoms with Gasteiger partial charge in [0, 0.05) is 48.2 Å². The summed E-state index contributed by atoms with van der Waals surface area (Å²) in [6.07, 6.45) is 2.74. The Kier molecular flexibility index (Phi) is 3.73. The lowest BCUT2D eigenvalue weighted by atomic mass is 10.0. The summed E-state index contributed by atoms with van der Waals surface area (Å²) in [7, 11) is 0. The molecule has 2 N–H and O–H groups in total. The number of benzene rings is 1. The van der Waals surface area contributed by atoms with Crippen molar-refractivity contribution < 1.29 is 0 Å². The smallest absolute Gasteiger partial charge is 0.254 e. The molecule has 2 aromatic heterocycles. The summed E-state index contributed by atoms with van der Waals surface area (Å²) in [5.41, 5.74) is 4.31. The molecule has 0 bridgehead atoms. The lowest BCUT2D eigenvalue weighted by molar-refractivity contribution is 0.240. The van der Waals surface area contributed by atoms with E-state index in [1.807, 2.05) is 6.20 Å². The minimum Gasteiger partial charge on any atom is -0.361 e. The zero-order valence-electron chi connectivity index (χ0n) is 14.1. The third kappa shape index (κ3) is 2.65. The lowest BCUT2D eigenvalue weighted by Gasteiger charge is -2.28. The number of H-pyrrole nitrogens is 2. The molecule has 5 heteroatoms. The van der Waals surface area contributed by atoms with Crippen molar-refractivity contribution >= 4 is 10.9 Å². The fourth-order valence-electron chi connectivity index (χ4n) is 3.45. The van der Waals surface area contributed by atoms with Gasteiger partial charge in [0.05, 0.1) is 5.69 Å². The number of fused-ring (bicyclic) bond motifs is 2. The van der Waals surface area contributed by atoms with Crippen LogP contribution in [0, 0.1) is 0 Å². The van der Waals surface area contributed by atoms with Crippen molar-refractivity contribution in [3.63, 3.8) is 0 Å². The van der Waals surface area contributed by atoms with Gasteiger partial charge in [-0.25, -0.2) is 4.98 Å². The predicted molar refractivity (Wildman–Crippen MR) is 95.1 cm³/mol. The molecular formula is C19H22N4O. The first-order chi connectivity index (χ1) is 11.6. The van der Waals surface area contributed by atoms with Crippen LogP contribution < -0.4 is 5.56 Å². The summed E-state index contributed by atoms with van der Waals surface area (Å²) in [5, 5.41) is 1.27. The van der Waals surface area contributed by atoms with Gasteiger partial charge in [0.15, 0.2) is 0 Å². The zero-order chi connectivity index (χ0) is 16.7. The average molecular weight is 322 g/mol. The Labute approximate surface area is 140 Å². The van der Waals surface area contributed by atoms with Crippen molar-refractivity contribution in [3.8, 4) is 0 Å². The number of nitrogens with zero attached hydrogens (tertiary/aromatic N) is 2. The molecule has 0 unspecified atom stereocenters. The van der Waals surface area contributed by atoms with Gasteiger partial charge in [-0.3, -0.25) is 9.69 Å². The first-order valence-corrected chi connectivity index (χ1v) is 8.51. The van der Waals surface area contributed by atoms with E-state index < -0.39 is 0 Å². The minimum atomic E-state index is 0.0380. The molecule has 24 heavy (non-hydrogen) atoms. The van der Waals surface area contributed by atoms with E-state index in [1.165, 1.54) is 16.5 Å². The highest BCUT2D eigenvalue weighted by molar-refractivity contribution is 5.82. The van der Waals surface area contributed by atoms with Gasteiger partial charge < -0.3 is 9.97 Å². The van der Waals surface area contributed by atoms with Crippen molar-refractivity contribution in [2.75, 3.05) is 6.54 Å². The molecule has 0 fully saturated rings. The highest BCUT2D eigenvalue weighted by Crippen LogP contribution is 2.22. The van der Waals surface area contributed by atoms with E-state index in [1.54, 1.807) is 0 Å². The molecule has 0 amide bonds. The van der Waals surface area contributed by atoms with E-state index in [2.05, 4.69) is 53.0 Å². The van der Waals surface area contributed by atoms with Gasteiger partial charge in [-0.2, -0.15) is 0 Å². The fourth-order valence-corrected chi connectivity index (χ4v) is 3.45. The van der Waals surface area contributed by atoms with Crippen LogP contribution in [-0.2, 0) is 19.5 Å². The van der Waals surface area contributed by atoms with E-state index in [0.717, 1.165) is 43.1 Å². The second-order valence-electron chi connectivity index (χ2n) is 6.85. The van der Waals surface area contributed by atoms with Crippen molar-refractivity contribution in [2.45, 2.75) is 39.3 Å². The van der Waals surface area contributed by atoms with E-state index in [0.29, 0.717) is 0 Å². The number of aromatic nitrogens is 3. The monoisotopic (exact) mass is 322 g/mol. The molecular weight excluding hydrogens is 300 g/mol. The number of rotatable bonds is 3. The molecule has 1 aliphatic rings. The fraction of sp³-hybridized carbons (Fsp3) is 0.368. The number of hydrogen-bond acceptors (Lipinski definition) is 3. The Morgan fingerprint density at radius 3 is 3.00 bits per heavy atom. The van der Waals surface area contributed by atoms with Gasteiger partial charge in [0.25, 0.3) is 5.56 Å². The van der Waals surface area contributed by atoms with Gasteiger partial charge in [-0.1, -0.05) is 26.0 Å². The zero-order valence-corrected chi connectivity index (χ0v) is 14.1. The van der Waals surface area contributed by atoms with Crippen molar-refractivity contribution in [3.05, 3.63) is 63.5 Å². The molecule has 3 aromatic rings. The molecule has 3 heterocycles. The predicted octanol–water partition coefficient (Wildman–Crippen LogP) is 2.93. The highest BCUT2D eigenvalue weighted by Gasteiger charge is 2.22. The van der Waals surface area contributed by atoms with Crippen LogP contribution in [-0.4, -0.2) is 26.4 Å². The summed E-state index contributed by atoms with van der Waals surface area (Å²) in [5.74, 6) is 1.01. The van der Waals surface area contributed by atoms with Crippen molar-refractivity contribution in [1.82, 2.24) is 19.9 Å². The second-order valence-corrected chi connectivity index (χ2v) is 6.85. The van der Waals surface area contributed by atoms with Crippen LogP contribution in [0.2, 0.25) is 0 Å². The Morgan fingerprint density at radius 2 is 2.17 bits per heavy atom. The molecule has 0 saturated carbocycles. The topological polar surface area (TPSA) is 64.8 Å². The molecule has 0 atom stereocenters. The van der Waals surface area contributed by atoms with Crippen molar-refractivity contribution in [1.29, 1.82) is 0 Å². The van der Waals surface area contributed by atoms with Gasteiger partial charge in [0.2, 0.25) is 0 Å². The van der Waals surface area contributed by atoms with Gasteiger partial charge >= 0.3 is 0 Å². The van der Waals surface area contributed by atoms with Crippen LogP contribution in [0.1, 0.15) is 42.4 Å². The summed E-state index contributed by atoms with van der Waals surface area (Å²) in [6.45, 7) is 6.61. The molecule has 4 rings (SSSR count). The molecule has 0 saturated heterocycles. The maximum atomic E-state index is 12.3. The molecule has 0 spiro atoms. The normalized spacial score (nSPS) is 15.1. The summed E-state index contributed by atoms with van der Waals surface area (Å²) < 4.78 is 0. The number of nitrogens with one attached hydrogen (secondary N) is 2. The SMILES string of the molecule is CC(C)c1nc2c(c(=O)[nH]1)CCN(Cc1cccc3[nH]ccc13)C2. The molecule has 1 aromatic carbocycles. The first kappa shape index (κ1) is 15.1. The Bertz CT molecular complexity index is 938. The molecule has 0 aliphatic carbocycles. The summed E-state index contributed by atoms with van der Waals surface area (Å²) in [4.78, 5) is 25.6. The van der Waals surface area contributed by atoms with E-state index >= 15 is 0 Å². The number of aromatic amines is 2. The number of hydrogen-bond donors (Lipinski definition) is 2. The first-order valence-electron chi connectivity index (χ1n) is 8.51. The third-order valence-electron chi connectivity index (χ3n) is 4.80. The maximum absolute atomic E-state index is 12.3. The molecule has 1 aliphatic heterocycles. The van der Waals surface area contributed by atoms with Crippen LogP contribution in [0.3, 0.4) is 0 Å². The standard InChI is InChI=1S/C19H22N4O/c1-12(2)18-21-17-11-23(9-7-15(17)19(24)22-18)10-13-4-3-5-16-14(13)6-8-20-16/h3-6,8,12,20H,7,9-11H2,1-2H3,(H,21,22,24). The van der Waals surface area contributed by atoms with Crippen LogP contribution in [0.4, 0.5) is 0 Å². The highest BCUT2D eigenvalue weighted by atomic mass is 16.1. The summed E-state index contributed by atoms with van der Waals surface area (Å²) in [6, 6.07) is 8.49. The van der Waals surface area contributed by atoms with Crippen LogP contribution >= 0.6 is 0 Å². The van der Waals surface area contributed by atoms with Crippen LogP contribution in [0.5, 0.6) is 0 Å². The van der Waals surface area contributed by atoms with Crippen molar-refractivity contribution in [2.24, 2.45) is 0 Å². The third-order valence-corrected chi connectivity index (χ3v) is 4.80. The largest absolute Gasteiger partial charge is 0.361 e. The van der Waals surface area contributed by atoms with E-state index in [-0.39, 0.29) is 11.5 Å². The Balaban J connectivity index is 1.62. The van der Waals surface area contributed by atoms with Gasteiger partial charge in [0.1, 0.15) is 5.82 Å². The second kappa shape index (κ2) is 5.91. The van der Waals surface area contributed by atoms with Crippen LogP contribution in [0.15, 0.2) is 35.3 Å². The quantitative estimate of drug-likeness (QED) is 0.779.